The second-order valence-electron chi connectivity index (χ2n) is 3.41. The summed E-state index contributed by atoms with van der Waals surface area (Å²) >= 11 is 0. The summed E-state index contributed by atoms with van der Waals surface area (Å²) in [6.45, 7) is 5.67. The molecule has 0 aromatic carbocycles. The third-order valence-corrected chi connectivity index (χ3v) is 2.63. The molecule has 0 saturated carbocycles. The first-order valence-corrected chi connectivity index (χ1v) is 4.62. The molecule has 0 N–H and O–H groups in total. The van der Waals surface area contributed by atoms with E-state index in [9.17, 15) is 10.1 Å². The molecule has 1 rings (SSSR count). The van der Waals surface area contributed by atoms with Crippen LogP contribution in [0.4, 0.5) is 5.69 Å². The molecule has 0 fully saturated rings. The van der Waals surface area contributed by atoms with E-state index < -0.39 is 0 Å². The van der Waals surface area contributed by atoms with Gasteiger partial charge in [-0.15, -0.1) is 0 Å². The standard InChI is InChI=1S/C10H15N2O2.HI/c1-5-9-6-7(2)11(4)8(3)10(9)12(13)14;/h6H,5H2,1-4H3;1H/q+1;/p-1. The van der Waals surface area contributed by atoms with Crippen molar-refractivity contribution in [1.29, 1.82) is 0 Å². The summed E-state index contributed by atoms with van der Waals surface area (Å²) in [6.07, 6.45) is 0.693. The minimum Gasteiger partial charge on any atom is -1.00 e. The van der Waals surface area contributed by atoms with Crippen LogP contribution in [0, 0.1) is 24.0 Å². The highest BCUT2D eigenvalue weighted by Crippen LogP contribution is 2.21. The Kier molecular flexibility index (Phi) is 5.13. The molecule has 0 radical (unpaired) electrons. The van der Waals surface area contributed by atoms with Crippen molar-refractivity contribution in [3.05, 3.63) is 33.1 Å². The van der Waals surface area contributed by atoms with Crippen molar-refractivity contribution >= 4 is 5.69 Å². The highest BCUT2D eigenvalue weighted by Gasteiger charge is 2.25. The largest absolute Gasteiger partial charge is 1.00 e. The van der Waals surface area contributed by atoms with Gasteiger partial charge in [0.15, 0.2) is 5.69 Å². The van der Waals surface area contributed by atoms with Gasteiger partial charge >= 0.3 is 5.69 Å². The third-order valence-electron chi connectivity index (χ3n) is 2.63. The number of nitro groups is 1. The zero-order valence-corrected chi connectivity index (χ0v) is 11.5. The second-order valence-corrected chi connectivity index (χ2v) is 3.41. The van der Waals surface area contributed by atoms with Gasteiger partial charge in [0.2, 0.25) is 0 Å². The molecule has 5 heteroatoms. The highest BCUT2D eigenvalue weighted by atomic mass is 127. The fourth-order valence-electron chi connectivity index (χ4n) is 1.59. The maximum Gasteiger partial charge on any atom is 0.338 e. The number of halogens is 1. The quantitative estimate of drug-likeness (QED) is 0.291. The first kappa shape index (κ1) is 14.3. The van der Waals surface area contributed by atoms with Crippen LogP contribution in [0.3, 0.4) is 0 Å². The van der Waals surface area contributed by atoms with Gasteiger partial charge in [-0.05, 0) is 6.42 Å². The van der Waals surface area contributed by atoms with E-state index in [1.807, 2.05) is 31.5 Å². The lowest BCUT2D eigenvalue weighted by molar-refractivity contribution is -0.686. The summed E-state index contributed by atoms with van der Waals surface area (Å²) in [5.41, 5.74) is 2.82. The first-order valence-electron chi connectivity index (χ1n) is 4.62. The number of rotatable bonds is 2. The molecule has 0 saturated heterocycles. The molecular formula is C10H15IN2O2. The van der Waals surface area contributed by atoms with Gasteiger partial charge < -0.3 is 24.0 Å². The van der Waals surface area contributed by atoms with Crippen molar-refractivity contribution < 1.29 is 33.5 Å². The van der Waals surface area contributed by atoms with Gasteiger partial charge in [0, 0.05) is 25.5 Å². The van der Waals surface area contributed by atoms with E-state index in [1.165, 1.54) is 0 Å². The van der Waals surface area contributed by atoms with Crippen molar-refractivity contribution in [3.63, 3.8) is 0 Å². The summed E-state index contributed by atoms with van der Waals surface area (Å²) in [4.78, 5) is 10.6. The van der Waals surface area contributed by atoms with Gasteiger partial charge in [0.1, 0.15) is 7.05 Å². The Morgan fingerprint density at radius 3 is 2.40 bits per heavy atom. The number of hydrogen-bond acceptors (Lipinski definition) is 2. The fraction of sp³-hybridized carbons (Fsp3) is 0.500. The number of nitrogens with zero attached hydrogens (tertiary/aromatic N) is 2. The summed E-state index contributed by atoms with van der Waals surface area (Å²) in [5.74, 6) is 0. The Bertz CT molecular complexity index is 391. The first-order chi connectivity index (χ1) is 6.49. The zero-order valence-electron chi connectivity index (χ0n) is 9.37. The van der Waals surface area contributed by atoms with E-state index >= 15 is 0 Å². The SMILES string of the molecule is CCc1cc(C)[n+](C)c(C)c1[N+](=O)[O-].[I-]. The highest BCUT2D eigenvalue weighted by molar-refractivity contribution is 5.41. The zero-order chi connectivity index (χ0) is 10.9. The lowest BCUT2D eigenvalue weighted by Gasteiger charge is -2.03. The lowest BCUT2D eigenvalue weighted by Crippen LogP contribution is -3.00. The van der Waals surface area contributed by atoms with Crippen LogP contribution in [0.1, 0.15) is 23.9 Å². The smallest absolute Gasteiger partial charge is 0.338 e. The average molecular weight is 322 g/mol. The molecule has 1 aromatic rings. The van der Waals surface area contributed by atoms with Crippen LogP contribution < -0.4 is 28.5 Å². The molecule has 0 aliphatic carbocycles. The van der Waals surface area contributed by atoms with E-state index in [4.69, 9.17) is 0 Å². The minimum absolute atomic E-state index is 0. The molecule has 0 atom stereocenters. The molecule has 1 heterocycles. The molecular weight excluding hydrogens is 307 g/mol. The van der Waals surface area contributed by atoms with Crippen molar-refractivity contribution in [2.75, 3.05) is 0 Å². The molecule has 84 valence electrons. The van der Waals surface area contributed by atoms with Crippen LogP contribution in [-0.2, 0) is 13.5 Å². The molecule has 4 nitrogen and oxygen atoms in total. The minimum atomic E-state index is -0.298. The van der Waals surface area contributed by atoms with Crippen molar-refractivity contribution in [3.8, 4) is 0 Å². The summed E-state index contributed by atoms with van der Waals surface area (Å²) in [6, 6.07) is 1.88. The molecule has 0 amide bonds. The molecule has 15 heavy (non-hydrogen) atoms. The number of hydrogen-bond donors (Lipinski definition) is 0. The Hall–Kier alpha value is -0.720. The second kappa shape index (κ2) is 5.39. The number of pyridine rings is 1. The van der Waals surface area contributed by atoms with E-state index in [-0.39, 0.29) is 34.6 Å². The molecule has 0 spiro atoms. The summed E-state index contributed by atoms with van der Waals surface area (Å²) in [7, 11) is 1.84. The topological polar surface area (TPSA) is 47.0 Å². The molecule has 0 aliphatic rings. The Labute approximate surface area is 106 Å². The van der Waals surface area contributed by atoms with Gasteiger partial charge in [-0.1, -0.05) is 6.92 Å². The number of aromatic nitrogens is 1. The van der Waals surface area contributed by atoms with E-state index in [2.05, 4.69) is 0 Å². The molecule has 0 bridgehead atoms. The van der Waals surface area contributed by atoms with Crippen molar-refractivity contribution in [2.45, 2.75) is 27.2 Å². The normalized spacial score (nSPS) is 9.60. The lowest BCUT2D eigenvalue weighted by atomic mass is 10.1. The molecule has 0 aliphatic heterocycles. The van der Waals surface area contributed by atoms with Gasteiger partial charge in [0.05, 0.1) is 4.92 Å². The maximum absolute atomic E-state index is 10.9. The van der Waals surface area contributed by atoms with Crippen LogP contribution in [0.5, 0.6) is 0 Å². The molecule has 1 aromatic heterocycles. The van der Waals surface area contributed by atoms with Crippen molar-refractivity contribution in [2.24, 2.45) is 7.05 Å². The maximum atomic E-state index is 10.9. The van der Waals surface area contributed by atoms with Crippen LogP contribution in [-0.4, -0.2) is 4.92 Å². The van der Waals surface area contributed by atoms with Gasteiger partial charge in [0.25, 0.3) is 5.69 Å². The van der Waals surface area contributed by atoms with Crippen LogP contribution in [0.25, 0.3) is 0 Å². The van der Waals surface area contributed by atoms with E-state index in [0.717, 1.165) is 11.3 Å². The Morgan fingerprint density at radius 2 is 2.00 bits per heavy atom. The van der Waals surface area contributed by atoms with Gasteiger partial charge in [-0.2, -0.15) is 4.57 Å². The molecule has 0 unspecified atom stereocenters. The average Bonchev–Trinajstić information content (AvgIpc) is 2.12. The predicted octanol–water partition coefficient (Wildman–Crippen LogP) is -1.40. The van der Waals surface area contributed by atoms with Crippen LogP contribution in [0.15, 0.2) is 6.07 Å². The fourth-order valence-corrected chi connectivity index (χ4v) is 1.59. The van der Waals surface area contributed by atoms with Crippen LogP contribution in [0.2, 0.25) is 0 Å². The van der Waals surface area contributed by atoms with E-state index in [1.54, 1.807) is 6.92 Å². The Morgan fingerprint density at radius 1 is 1.47 bits per heavy atom. The third kappa shape index (κ3) is 2.64. The van der Waals surface area contributed by atoms with Crippen LogP contribution >= 0.6 is 0 Å². The van der Waals surface area contributed by atoms with Gasteiger partial charge in [-0.3, -0.25) is 10.1 Å². The van der Waals surface area contributed by atoms with Gasteiger partial charge in [-0.25, -0.2) is 0 Å². The monoisotopic (exact) mass is 322 g/mol. The van der Waals surface area contributed by atoms with Crippen molar-refractivity contribution in [1.82, 2.24) is 0 Å². The van der Waals surface area contributed by atoms with E-state index in [0.29, 0.717) is 12.1 Å². The Balaban J connectivity index is 0.00000196. The summed E-state index contributed by atoms with van der Waals surface area (Å²) in [5, 5.41) is 10.9. The number of aryl methyl sites for hydroxylation is 2. The summed E-state index contributed by atoms with van der Waals surface area (Å²) < 4.78 is 1.84. The predicted molar refractivity (Wildman–Crippen MR) is 53.1 cm³/mol.